The van der Waals surface area contributed by atoms with Crippen molar-refractivity contribution >= 4 is 19.7 Å². The predicted octanol–water partition coefficient (Wildman–Crippen LogP) is 3.82. The molecule has 0 aromatic heterocycles. The van der Waals surface area contributed by atoms with Crippen LogP contribution in [0.25, 0.3) is 0 Å². The molecule has 0 aliphatic rings. The van der Waals surface area contributed by atoms with Crippen molar-refractivity contribution in [3.63, 3.8) is 0 Å². The molecule has 0 unspecified atom stereocenters. The second-order valence-electron chi connectivity index (χ2n) is 4.18. The molecule has 20 heavy (non-hydrogen) atoms. The lowest BCUT2D eigenvalue weighted by Gasteiger charge is -2.10. The number of alkyl halides is 3. The Morgan fingerprint density at radius 2 is 1.85 bits per heavy atom. The van der Waals surface area contributed by atoms with Crippen LogP contribution in [0.4, 0.5) is 13.2 Å². The fourth-order valence-electron chi connectivity index (χ4n) is 1.51. The minimum Gasteiger partial charge on any atom is -0.494 e. The number of rotatable bonds is 7. The van der Waals surface area contributed by atoms with Gasteiger partial charge in [0.1, 0.15) is 5.75 Å². The van der Waals surface area contributed by atoms with Gasteiger partial charge in [-0.25, -0.2) is 8.42 Å². The van der Waals surface area contributed by atoms with Crippen LogP contribution in [-0.2, 0) is 15.2 Å². The van der Waals surface area contributed by atoms with Crippen molar-refractivity contribution < 1.29 is 26.3 Å². The van der Waals surface area contributed by atoms with Crippen molar-refractivity contribution in [1.82, 2.24) is 0 Å². The first kappa shape index (κ1) is 17.1. The summed E-state index contributed by atoms with van der Waals surface area (Å²) >= 11 is 0. The number of hydrogen-bond donors (Lipinski definition) is 0. The molecule has 0 aliphatic heterocycles. The van der Waals surface area contributed by atoms with E-state index in [9.17, 15) is 21.6 Å². The molecule has 3 nitrogen and oxygen atoms in total. The lowest BCUT2D eigenvalue weighted by molar-refractivity contribution is -0.137. The average Bonchev–Trinajstić information content (AvgIpc) is 2.31. The lowest BCUT2D eigenvalue weighted by Crippen LogP contribution is -2.05. The second-order valence-corrected chi connectivity index (χ2v) is 7.07. The van der Waals surface area contributed by atoms with E-state index in [0.717, 1.165) is 12.1 Å². The molecular formula is C12H14ClF3O3S. The molecule has 1 aromatic rings. The zero-order chi connectivity index (χ0) is 15.2. The van der Waals surface area contributed by atoms with E-state index in [1.807, 2.05) is 0 Å². The highest BCUT2D eigenvalue weighted by atomic mass is 35.7. The molecule has 8 heteroatoms. The third-order valence-electron chi connectivity index (χ3n) is 2.46. The Labute approximate surface area is 120 Å². The molecule has 0 spiro atoms. The van der Waals surface area contributed by atoms with E-state index < -0.39 is 20.8 Å². The van der Waals surface area contributed by atoms with E-state index in [1.165, 1.54) is 12.1 Å². The summed E-state index contributed by atoms with van der Waals surface area (Å²) in [6.07, 6.45) is -2.88. The van der Waals surface area contributed by atoms with Crippen LogP contribution < -0.4 is 4.74 Å². The Morgan fingerprint density at radius 3 is 2.45 bits per heavy atom. The largest absolute Gasteiger partial charge is 0.494 e. The Kier molecular flexibility index (Phi) is 6.13. The summed E-state index contributed by atoms with van der Waals surface area (Å²) in [7, 11) is 1.56. The molecule has 114 valence electrons. The first-order valence-electron chi connectivity index (χ1n) is 5.91. The number of unbranched alkanes of at least 4 members (excludes halogenated alkanes) is 2. The van der Waals surface area contributed by atoms with E-state index in [1.54, 1.807) is 0 Å². The maximum atomic E-state index is 12.4. The normalized spacial score (nSPS) is 12.4. The van der Waals surface area contributed by atoms with Crippen molar-refractivity contribution in [2.24, 2.45) is 0 Å². The van der Waals surface area contributed by atoms with E-state index in [4.69, 9.17) is 15.4 Å². The zero-order valence-corrected chi connectivity index (χ0v) is 12.1. The molecule has 0 heterocycles. The first-order chi connectivity index (χ1) is 9.18. The number of hydrogen-bond acceptors (Lipinski definition) is 3. The summed E-state index contributed by atoms with van der Waals surface area (Å²) < 4.78 is 63.8. The quantitative estimate of drug-likeness (QED) is 0.564. The minimum atomic E-state index is -4.39. The van der Waals surface area contributed by atoms with Crippen molar-refractivity contribution in [2.45, 2.75) is 25.4 Å². The average molecular weight is 331 g/mol. The molecule has 0 aliphatic carbocycles. The van der Waals surface area contributed by atoms with Gasteiger partial charge in [0, 0.05) is 10.7 Å². The van der Waals surface area contributed by atoms with Gasteiger partial charge < -0.3 is 4.74 Å². The Bertz CT molecular complexity index is 529. The SMILES string of the molecule is O=S(=O)(Cl)CCCCCOc1cccc(C(F)(F)F)c1. The van der Waals surface area contributed by atoms with Crippen molar-refractivity contribution in [2.75, 3.05) is 12.4 Å². The highest BCUT2D eigenvalue weighted by molar-refractivity contribution is 8.13. The van der Waals surface area contributed by atoms with Gasteiger partial charge in [-0.2, -0.15) is 13.2 Å². The summed E-state index contributed by atoms with van der Waals surface area (Å²) in [5.74, 6) is 0.0303. The van der Waals surface area contributed by atoms with Crippen molar-refractivity contribution in [1.29, 1.82) is 0 Å². The monoisotopic (exact) mass is 330 g/mol. The van der Waals surface area contributed by atoms with Gasteiger partial charge in [0.2, 0.25) is 9.05 Å². The molecule has 1 rings (SSSR count). The van der Waals surface area contributed by atoms with Crippen LogP contribution in [0, 0.1) is 0 Å². The molecule has 1 aromatic carbocycles. The standard InChI is InChI=1S/C12H14ClF3O3S/c13-20(17,18)8-3-1-2-7-19-11-6-4-5-10(9-11)12(14,15)16/h4-6,9H,1-3,7-8H2. The molecule has 0 amide bonds. The third kappa shape index (κ3) is 7.00. The Hall–Kier alpha value is -0.950. The first-order valence-corrected chi connectivity index (χ1v) is 8.39. The van der Waals surface area contributed by atoms with Gasteiger partial charge in [-0.05, 0) is 37.5 Å². The van der Waals surface area contributed by atoms with E-state index in [0.29, 0.717) is 19.3 Å². The van der Waals surface area contributed by atoms with Gasteiger partial charge in [0.15, 0.2) is 0 Å². The lowest BCUT2D eigenvalue weighted by atomic mass is 10.2. The van der Waals surface area contributed by atoms with Gasteiger partial charge in [0.25, 0.3) is 0 Å². The topological polar surface area (TPSA) is 43.4 Å². The van der Waals surface area contributed by atoms with Crippen molar-refractivity contribution in [3.8, 4) is 5.75 Å². The molecule has 0 radical (unpaired) electrons. The van der Waals surface area contributed by atoms with Crippen LogP contribution in [0.2, 0.25) is 0 Å². The molecular weight excluding hydrogens is 317 g/mol. The Morgan fingerprint density at radius 1 is 1.15 bits per heavy atom. The summed E-state index contributed by atoms with van der Waals surface area (Å²) in [6, 6.07) is 4.62. The molecule has 0 fully saturated rings. The highest BCUT2D eigenvalue weighted by Gasteiger charge is 2.30. The molecule has 0 saturated carbocycles. The van der Waals surface area contributed by atoms with Crippen LogP contribution in [0.5, 0.6) is 5.75 Å². The number of benzene rings is 1. The molecule has 0 saturated heterocycles. The Balaban J connectivity index is 2.32. The van der Waals surface area contributed by atoms with Gasteiger partial charge in [-0.15, -0.1) is 0 Å². The van der Waals surface area contributed by atoms with Crippen LogP contribution in [0.3, 0.4) is 0 Å². The maximum absolute atomic E-state index is 12.4. The summed E-state index contributed by atoms with van der Waals surface area (Å²) in [4.78, 5) is 0. The van der Waals surface area contributed by atoms with Crippen LogP contribution >= 0.6 is 10.7 Å². The summed E-state index contributed by atoms with van der Waals surface area (Å²) in [5, 5.41) is 0. The minimum absolute atomic E-state index is 0.113. The zero-order valence-electron chi connectivity index (χ0n) is 10.5. The summed E-state index contributed by atoms with van der Waals surface area (Å²) in [5.41, 5.74) is -0.761. The van der Waals surface area contributed by atoms with Gasteiger partial charge in [0.05, 0.1) is 17.9 Å². The predicted molar refractivity (Wildman–Crippen MR) is 70.4 cm³/mol. The second kappa shape index (κ2) is 7.17. The van der Waals surface area contributed by atoms with E-state index in [2.05, 4.69) is 0 Å². The number of halogens is 4. The third-order valence-corrected chi connectivity index (χ3v) is 3.70. The molecule has 0 N–H and O–H groups in total. The van der Waals surface area contributed by atoms with Gasteiger partial charge in [-0.3, -0.25) is 0 Å². The van der Waals surface area contributed by atoms with Crippen LogP contribution in [-0.4, -0.2) is 20.8 Å². The van der Waals surface area contributed by atoms with Crippen LogP contribution in [0.1, 0.15) is 24.8 Å². The van der Waals surface area contributed by atoms with Gasteiger partial charge in [-0.1, -0.05) is 6.07 Å². The van der Waals surface area contributed by atoms with Gasteiger partial charge >= 0.3 is 6.18 Å². The molecule has 0 atom stereocenters. The fraction of sp³-hybridized carbons (Fsp3) is 0.500. The van der Waals surface area contributed by atoms with E-state index in [-0.39, 0.29) is 18.1 Å². The number of ether oxygens (including phenoxy) is 1. The summed E-state index contributed by atoms with van der Waals surface area (Å²) in [6.45, 7) is 0.226. The highest BCUT2D eigenvalue weighted by Crippen LogP contribution is 2.31. The van der Waals surface area contributed by atoms with Crippen LogP contribution in [0.15, 0.2) is 24.3 Å². The van der Waals surface area contributed by atoms with E-state index >= 15 is 0 Å². The fourth-order valence-corrected chi connectivity index (χ4v) is 2.38. The molecule has 0 bridgehead atoms. The smallest absolute Gasteiger partial charge is 0.416 e. The maximum Gasteiger partial charge on any atom is 0.416 e. The van der Waals surface area contributed by atoms with Crippen molar-refractivity contribution in [3.05, 3.63) is 29.8 Å².